The van der Waals surface area contributed by atoms with Gasteiger partial charge in [0.25, 0.3) is 0 Å². The number of piperazine rings is 1. The van der Waals surface area contributed by atoms with Crippen LogP contribution in [0.5, 0.6) is 0 Å². The minimum atomic E-state index is -0.0507. The number of aromatic nitrogens is 2. The number of hydrogen-bond acceptors (Lipinski definition) is 4. The van der Waals surface area contributed by atoms with E-state index in [0.717, 1.165) is 35.9 Å². The summed E-state index contributed by atoms with van der Waals surface area (Å²) in [5.41, 5.74) is 2.87. The Morgan fingerprint density at radius 1 is 1.04 bits per heavy atom. The topological polar surface area (TPSA) is 61.4 Å². The molecular formula is C17H21N5O. The monoisotopic (exact) mass is 311 g/mol. The molecule has 0 spiro atoms. The molecule has 0 unspecified atom stereocenters. The standard InChI is InChI=1S/C17H21N5O/c1-13-4-3-5-15(12-13)18-17(23)22-10-8-21(9-11-22)16-7-6-14(2)19-20-16/h3-7,12H,8-11H2,1-2H3,(H,18,23). The van der Waals surface area contributed by atoms with Crippen molar-refractivity contribution in [1.82, 2.24) is 15.1 Å². The third kappa shape index (κ3) is 3.77. The fourth-order valence-corrected chi connectivity index (χ4v) is 2.62. The van der Waals surface area contributed by atoms with Gasteiger partial charge in [-0.1, -0.05) is 12.1 Å². The lowest BCUT2D eigenvalue weighted by Crippen LogP contribution is -2.50. The zero-order chi connectivity index (χ0) is 16.2. The molecule has 0 atom stereocenters. The first-order chi connectivity index (χ1) is 11.1. The van der Waals surface area contributed by atoms with Crippen LogP contribution in [0.3, 0.4) is 0 Å². The van der Waals surface area contributed by atoms with E-state index >= 15 is 0 Å². The Hall–Kier alpha value is -2.63. The van der Waals surface area contributed by atoms with Crippen molar-refractivity contribution in [2.24, 2.45) is 0 Å². The van der Waals surface area contributed by atoms with E-state index in [2.05, 4.69) is 20.4 Å². The minimum Gasteiger partial charge on any atom is -0.352 e. The Kier molecular flexibility index (Phi) is 4.41. The van der Waals surface area contributed by atoms with Gasteiger partial charge in [0, 0.05) is 31.9 Å². The first-order valence-corrected chi connectivity index (χ1v) is 7.80. The molecule has 2 amide bonds. The van der Waals surface area contributed by atoms with Crippen LogP contribution in [0, 0.1) is 13.8 Å². The van der Waals surface area contributed by atoms with Gasteiger partial charge in [-0.05, 0) is 43.7 Å². The average molecular weight is 311 g/mol. The van der Waals surface area contributed by atoms with Gasteiger partial charge >= 0.3 is 6.03 Å². The van der Waals surface area contributed by atoms with Crippen LogP contribution in [0.4, 0.5) is 16.3 Å². The molecule has 1 fully saturated rings. The van der Waals surface area contributed by atoms with Crippen LogP contribution in [0.1, 0.15) is 11.3 Å². The number of hydrogen-bond donors (Lipinski definition) is 1. The lowest BCUT2D eigenvalue weighted by Gasteiger charge is -2.35. The summed E-state index contributed by atoms with van der Waals surface area (Å²) in [6, 6.07) is 11.7. The Balaban J connectivity index is 1.56. The molecule has 1 aliphatic rings. The molecule has 0 aliphatic carbocycles. The highest BCUT2D eigenvalue weighted by atomic mass is 16.2. The van der Waals surface area contributed by atoms with Crippen molar-refractivity contribution in [1.29, 1.82) is 0 Å². The number of aryl methyl sites for hydroxylation is 2. The highest BCUT2D eigenvalue weighted by molar-refractivity contribution is 5.89. The molecule has 1 N–H and O–H groups in total. The second-order valence-corrected chi connectivity index (χ2v) is 5.81. The van der Waals surface area contributed by atoms with E-state index in [0.29, 0.717) is 13.1 Å². The summed E-state index contributed by atoms with van der Waals surface area (Å²) >= 11 is 0. The van der Waals surface area contributed by atoms with Crippen molar-refractivity contribution >= 4 is 17.5 Å². The number of amides is 2. The van der Waals surface area contributed by atoms with E-state index in [1.807, 2.05) is 55.1 Å². The zero-order valence-corrected chi connectivity index (χ0v) is 13.5. The zero-order valence-electron chi connectivity index (χ0n) is 13.5. The largest absolute Gasteiger partial charge is 0.352 e. The Morgan fingerprint density at radius 3 is 2.48 bits per heavy atom. The first kappa shape index (κ1) is 15.3. The maximum atomic E-state index is 12.3. The van der Waals surface area contributed by atoms with Gasteiger partial charge in [-0.2, -0.15) is 5.10 Å². The summed E-state index contributed by atoms with van der Waals surface area (Å²) in [7, 11) is 0. The van der Waals surface area contributed by atoms with Gasteiger partial charge in [0.2, 0.25) is 0 Å². The van der Waals surface area contributed by atoms with E-state index < -0.39 is 0 Å². The molecule has 1 aliphatic heterocycles. The number of anilines is 2. The van der Waals surface area contributed by atoms with Crippen molar-refractivity contribution < 1.29 is 4.79 Å². The average Bonchev–Trinajstić information content (AvgIpc) is 2.56. The van der Waals surface area contributed by atoms with Gasteiger partial charge in [0.1, 0.15) is 0 Å². The summed E-state index contributed by atoms with van der Waals surface area (Å²) < 4.78 is 0. The lowest BCUT2D eigenvalue weighted by atomic mass is 10.2. The summed E-state index contributed by atoms with van der Waals surface area (Å²) in [5, 5.41) is 11.2. The SMILES string of the molecule is Cc1cccc(NC(=O)N2CCN(c3ccc(C)nn3)CC2)c1. The highest BCUT2D eigenvalue weighted by Crippen LogP contribution is 2.14. The molecule has 120 valence electrons. The summed E-state index contributed by atoms with van der Waals surface area (Å²) in [6.45, 7) is 6.81. The fraction of sp³-hybridized carbons (Fsp3) is 0.353. The molecule has 23 heavy (non-hydrogen) atoms. The van der Waals surface area contributed by atoms with Crippen LogP contribution in [0.15, 0.2) is 36.4 Å². The number of carbonyl (C=O) groups excluding carboxylic acids is 1. The molecule has 2 heterocycles. The van der Waals surface area contributed by atoms with Gasteiger partial charge in [0.15, 0.2) is 5.82 Å². The van der Waals surface area contributed by atoms with Crippen LogP contribution < -0.4 is 10.2 Å². The third-order valence-electron chi connectivity index (χ3n) is 3.94. The normalized spacial score (nSPS) is 14.7. The molecule has 1 saturated heterocycles. The van der Waals surface area contributed by atoms with Gasteiger partial charge in [0.05, 0.1) is 5.69 Å². The summed E-state index contributed by atoms with van der Waals surface area (Å²) in [4.78, 5) is 16.3. The van der Waals surface area contributed by atoms with E-state index in [9.17, 15) is 4.79 Å². The molecule has 6 heteroatoms. The quantitative estimate of drug-likeness (QED) is 0.925. The van der Waals surface area contributed by atoms with Crippen molar-refractivity contribution in [3.63, 3.8) is 0 Å². The van der Waals surface area contributed by atoms with E-state index in [1.165, 1.54) is 0 Å². The molecule has 1 aromatic carbocycles. The molecule has 6 nitrogen and oxygen atoms in total. The number of rotatable bonds is 2. The molecule has 0 radical (unpaired) electrons. The second kappa shape index (κ2) is 6.64. The first-order valence-electron chi connectivity index (χ1n) is 7.80. The predicted octanol–water partition coefficient (Wildman–Crippen LogP) is 2.45. The maximum absolute atomic E-state index is 12.3. The summed E-state index contributed by atoms with van der Waals surface area (Å²) in [6.07, 6.45) is 0. The van der Waals surface area contributed by atoms with Crippen molar-refractivity contribution in [2.45, 2.75) is 13.8 Å². The third-order valence-corrected chi connectivity index (χ3v) is 3.94. The van der Waals surface area contributed by atoms with Crippen molar-refractivity contribution in [3.8, 4) is 0 Å². The van der Waals surface area contributed by atoms with E-state index in [1.54, 1.807) is 0 Å². The highest BCUT2D eigenvalue weighted by Gasteiger charge is 2.22. The number of benzene rings is 1. The van der Waals surface area contributed by atoms with Crippen LogP contribution in [-0.2, 0) is 0 Å². The molecule has 3 rings (SSSR count). The van der Waals surface area contributed by atoms with Gasteiger partial charge < -0.3 is 15.1 Å². The van der Waals surface area contributed by atoms with E-state index in [-0.39, 0.29) is 6.03 Å². The number of nitrogens with zero attached hydrogens (tertiary/aromatic N) is 4. The van der Waals surface area contributed by atoms with Crippen LogP contribution in [-0.4, -0.2) is 47.3 Å². The van der Waals surface area contributed by atoms with Gasteiger partial charge in [-0.15, -0.1) is 5.10 Å². The van der Waals surface area contributed by atoms with Crippen LogP contribution in [0.2, 0.25) is 0 Å². The smallest absolute Gasteiger partial charge is 0.321 e. The second-order valence-electron chi connectivity index (χ2n) is 5.81. The number of nitrogens with one attached hydrogen (secondary N) is 1. The van der Waals surface area contributed by atoms with Crippen LogP contribution >= 0.6 is 0 Å². The minimum absolute atomic E-state index is 0.0507. The van der Waals surface area contributed by atoms with Crippen molar-refractivity contribution in [2.75, 3.05) is 36.4 Å². The number of carbonyl (C=O) groups is 1. The Labute approximate surface area is 136 Å². The lowest BCUT2D eigenvalue weighted by molar-refractivity contribution is 0.208. The van der Waals surface area contributed by atoms with Gasteiger partial charge in [-0.25, -0.2) is 4.79 Å². The fourth-order valence-electron chi connectivity index (χ4n) is 2.62. The van der Waals surface area contributed by atoms with Gasteiger partial charge in [-0.3, -0.25) is 0 Å². The summed E-state index contributed by atoms with van der Waals surface area (Å²) in [5.74, 6) is 0.870. The van der Waals surface area contributed by atoms with Crippen LogP contribution in [0.25, 0.3) is 0 Å². The van der Waals surface area contributed by atoms with E-state index in [4.69, 9.17) is 0 Å². The maximum Gasteiger partial charge on any atom is 0.321 e. The number of urea groups is 1. The van der Waals surface area contributed by atoms with Crippen molar-refractivity contribution in [3.05, 3.63) is 47.7 Å². The predicted molar refractivity (Wildman–Crippen MR) is 90.8 cm³/mol. The molecule has 1 aromatic heterocycles. The Bertz CT molecular complexity index is 678. The molecule has 0 bridgehead atoms. The molecule has 2 aromatic rings. The molecular weight excluding hydrogens is 290 g/mol. The molecule has 0 saturated carbocycles. The Morgan fingerprint density at radius 2 is 1.83 bits per heavy atom.